The minimum absolute atomic E-state index is 0.153. The Kier molecular flexibility index (Phi) is 5.14. The molecule has 0 aliphatic carbocycles. The van der Waals surface area contributed by atoms with Crippen molar-refractivity contribution >= 4 is 23.4 Å². The number of para-hydroxylation sites is 1. The van der Waals surface area contributed by atoms with Gasteiger partial charge in [0.2, 0.25) is 5.91 Å². The predicted molar refractivity (Wildman–Crippen MR) is 96.6 cm³/mol. The highest BCUT2D eigenvalue weighted by Crippen LogP contribution is 2.24. The van der Waals surface area contributed by atoms with E-state index in [0.717, 1.165) is 17.1 Å². The average molecular weight is 356 g/mol. The van der Waals surface area contributed by atoms with Gasteiger partial charge >= 0.3 is 0 Å². The summed E-state index contributed by atoms with van der Waals surface area (Å²) in [4.78, 5) is 12.1. The Bertz CT molecular complexity index is 910. The van der Waals surface area contributed by atoms with E-state index in [4.69, 9.17) is 0 Å². The summed E-state index contributed by atoms with van der Waals surface area (Å²) in [6.45, 7) is 3.89. The lowest BCUT2D eigenvalue weighted by Crippen LogP contribution is -2.14. The van der Waals surface area contributed by atoms with Gasteiger partial charge in [0, 0.05) is 5.69 Å². The molecule has 1 N–H and O–H groups in total. The number of aromatic nitrogens is 3. The summed E-state index contributed by atoms with van der Waals surface area (Å²) in [7, 11) is 0. The number of halogens is 1. The van der Waals surface area contributed by atoms with Crippen molar-refractivity contribution in [2.24, 2.45) is 0 Å². The van der Waals surface area contributed by atoms with Crippen LogP contribution in [0.25, 0.3) is 5.69 Å². The van der Waals surface area contributed by atoms with Gasteiger partial charge in [-0.25, -0.2) is 4.39 Å². The Morgan fingerprint density at radius 2 is 1.96 bits per heavy atom. The summed E-state index contributed by atoms with van der Waals surface area (Å²) in [5.41, 5.74) is 2.51. The molecular weight excluding hydrogens is 339 g/mol. The SMILES string of the molecule is Cc1ccccc1-n1c(C)nnc1SCC(=O)Nc1cccc(F)c1. The highest BCUT2D eigenvalue weighted by molar-refractivity contribution is 7.99. The average Bonchev–Trinajstić information content (AvgIpc) is 2.94. The van der Waals surface area contributed by atoms with Gasteiger partial charge in [0.05, 0.1) is 11.4 Å². The molecular formula is C18H17FN4OS. The van der Waals surface area contributed by atoms with Crippen LogP contribution in [0.5, 0.6) is 0 Å². The lowest BCUT2D eigenvalue weighted by molar-refractivity contribution is -0.113. The van der Waals surface area contributed by atoms with E-state index >= 15 is 0 Å². The third kappa shape index (κ3) is 4.06. The zero-order valence-corrected chi connectivity index (χ0v) is 14.7. The number of nitrogens with zero attached hydrogens (tertiary/aromatic N) is 3. The van der Waals surface area contributed by atoms with Crippen molar-refractivity contribution in [2.45, 2.75) is 19.0 Å². The summed E-state index contributed by atoms with van der Waals surface area (Å²) in [5.74, 6) is 0.288. The molecule has 0 atom stereocenters. The number of nitrogens with one attached hydrogen (secondary N) is 1. The zero-order valence-electron chi connectivity index (χ0n) is 13.9. The maximum Gasteiger partial charge on any atom is 0.234 e. The molecule has 0 saturated carbocycles. The minimum atomic E-state index is -0.389. The number of carbonyl (C=O) groups is 1. The number of carbonyl (C=O) groups excluding carboxylic acids is 1. The number of hydrogen-bond acceptors (Lipinski definition) is 4. The van der Waals surface area contributed by atoms with E-state index in [0.29, 0.717) is 10.8 Å². The second-order valence-corrected chi connectivity index (χ2v) is 6.44. The summed E-state index contributed by atoms with van der Waals surface area (Å²) in [5, 5.41) is 11.6. The van der Waals surface area contributed by atoms with E-state index in [1.54, 1.807) is 12.1 Å². The zero-order chi connectivity index (χ0) is 17.8. The normalized spacial score (nSPS) is 10.7. The lowest BCUT2D eigenvalue weighted by Gasteiger charge is -2.11. The maximum atomic E-state index is 13.2. The number of benzene rings is 2. The van der Waals surface area contributed by atoms with E-state index in [9.17, 15) is 9.18 Å². The van der Waals surface area contributed by atoms with Gasteiger partial charge in [0.1, 0.15) is 11.6 Å². The number of amides is 1. The molecule has 0 radical (unpaired) electrons. The second kappa shape index (κ2) is 7.48. The molecule has 25 heavy (non-hydrogen) atoms. The molecule has 0 spiro atoms. The van der Waals surface area contributed by atoms with Crippen molar-refractivity contribution in [1.29, 1.82) is 0 Å². The molecule has 0 saturated heterocycles. The van der Waals surface area contributed by atoms with Gasteiger partial charge in [-0.1, -0.05) is 36.0 Å². The highest BCUT2D eigenvalue weighted by atomic mass is 32.2. The molecule has 0 aliphatic heterocycles. The molecule has 2 aromatic carbocycles. The predicted octanol–water partition coefficient (Wildman–Crippen LogP) is 3.75. The molecule has 3 rings (SSSR count). The molecule has 7 heteroatoms. The molecule has 5 nitrogen and oxygen atoms in total. The fraction of sp³-hybridized carbons (Fsp3) is 0.167. The van der Waals surface area contributed by atoms with E-state index in [1.807, 2.05) is 42.7 Å². The Balaban J connectivity index is 1.72. The first-order valence-corrected chi connectivity index (χ1v) is 8.69. The summed E-state index contributed by atoms with van der Waals surface area (Å²) in [6.07, 6.45) is 0. The summed E-state index contributed by atoms with van der Waals surface area (Å²) >= 11 is 1.29. The number of rotatable bonds is 5. The Labute approximate surface area is 149 Å². The molecule has 0 fully saturated rings. The first kappa shape index (κ1) is 17.2. The van der Waals surface area contributed by atoms with Gasteiger partial charge in [0.15, 0.2) is 5.16 Å². The first-order valence-electron chi connectivity index (χ1n) is 7.71. The molecule has 1 amide bonds. The van der Waals surface area contributed by atoms with E-state index in [2.05, 4.69) is 15.5 Å². The molecule has 1 aromatic heterocycles. The Hall–Kier alpha value is -2.67. The smallest absolute Gasteiger partial charge is 0.234 e. The van der Waals surface area contributed by atoms with Crippen LogP contribution in [0.15, 0.2) is 53.7 Å². The second-order valence-electron chi connectivity index (χ2n) is 5.50. The standard InChI is InChI=1S/C18H17FN4OS/c1-12-6-3-4-9-16(12)23-13(2)21-22-18(23)25-11-17(24)20-15-8-5-7-14(19)10-15/h3-10H,11H2,1-2H3,(H,20,24). The number of anilines is 1. The van der Waals surface area contributed by atoms with Crippen LogP contribution in [0.3, 0.4) is 0 Å². The van der Waals surface area contributed by atoms with Crippen molar-refractivity contribution in [2.75, 3.05) is 11.1 Å². The molecule has 3 aromatic rings. The maximum absolute atomic E-state index is 13.2. The van der Waals surface area contributed by atoms with Crippen LogP contribution in [0, 0.1) is 19.7 Å². The lowest BCUT2D eigenvalue weighted by atomic mass is 10.2. The van der Waals surface area contributed by atoms with Gasteiger partial charge in [-0.3, -0.25) is 9.36 Å². The van der Waals surface area contributed by atoms with Crippen LogP contribution in [-0.4, -0.2) is 26.4 Å². The molecule has 1 heterocycles. The summed E-state index contributed by atoms with van der Waals surface area (Å²) in [6, 6.07) is 13.7. The molecule has 0 bridgehead atoms. The fourth-order valence-corrected chi connectivity index (χ4v) is 3.21. The third-order valence-corrected chi connectivity index (χ3v) is 4.52. The van der Waals surface area contributed by atoms with Crippen LogP contribution in [0.1, 0.15) is 11.4 Å². The van der Waals surface area contributed by atoms with Crippen LogP contribution in [-0.2, 0) is 4.79 Å². The number of aryl methyl sites for hydroxylation is 2. The van der Waals surface area contributed by atoms with E-state index < -0.39 is 0 Å². The van der Waals surface area contributed by atoms with Gasteiger partial charge < -0.3 is 5.32 Å². The van der Waals surface area contributed by atoms with Crippen LogP contribution >= 0.6 is 11.8 Å². The highest BCUT2D eigenvalue weighted by Gasteiger charge is 2.14. The quantitative estimate of drug-likeness (QED) is 0.707. The number of hydrogen-bond donors (Lipinski definition) is 1. The van der Waals surface area contributed by atoms with Crippen molar-refractivity contribution in [1.82, 2.24) is 14.8 Å². The molecule has 128 valence electrons. The minimum Gasteiger partial charge on any atom is -0.325 e. The fourth-order valence-electron chi connectivity index (χ4n) is 2.42. The topological polar surface area (TPSA) is 59.8 Å². The van der Waals surface area contributed by atoms with Gasteiger partial charge in [-0.2, -0.15) is 0 Å². The van der Waals surface area contributed by atoms with Crippen molar-refractivity contribution in [3.63, 3.8) is 0 Å². The van der Waals surface area contributed by atoms with Crippen LogP contribution in [0.4, 0.5) is 10.1 Å². The monoisotopic (exact) mass is 356 g/mol. The first-order chi connectivity index (χ1) is 12.0. The van der Waals surface area contributed by atoms with Crippen LogP contribution in [0.2, 0.25) is 0 Å². The molecule has 0 aliphatic rings. The van der Waals surface area contributed by atoms with E-state index in [-0.39, 0.29) is 17.5 Å². The summed E-state index contributed by atoms with van der Waals surface area (Å²) < 4.78 is 15.1. The van der Waals surface area contributed by atoms with Crippen molar-refractivity contribution in [3.05, 3.63) is 65.7 Å². The largest absolute Gasteiger partial charge is 0.325 e. The van der Waals surface area contributed by atoms with E-state index in [1.165, 1.54) is 23.9 Å². The van der Waals surface area contributed by atoms with Crippen molar-refractivity contribution in [3.8, 4) is 5.69 Å². The Morgan fingerprint density at radius 3 is 2.72 bits per heavy atom. The van der Waals surface area contributed by atoms with Crippen molar-refractivity contribution < 1.29 is 9.18 Å². The Morgan fingerprint density at radius 1 is 1.16 bits per heavy atom. The van der Waals surface area contributed by atoms with Gasteiger partial charge in [0.25, 0.3) is 0 Å². The molecule has 0 unspecified atom stereocenters. The van der Waals surface area contributed by atoms with Gasteiger partial charge in [-0.15, -0.1) is 10.2 Å². The third-order valence-electron chi connectivity index (χ3n) is 3.59. The van der Waals surface area contributed by atoms with Gasteiger partial charge in [-0.05, 0) is 43.7 Å². The number of thioether (sulfide) groups is 1. The van der Waals surface area contributed by atoms with Crippen LogP contribution < -0.4 is 5.32 Å².